The first-order valence-electron chi connectivity index (χ1n) is 3.81. The number of aliphatic carboxylic acids is 1. The summed E-state index contributed by atoms with van der Waals surface area (Å²) in [7, 11) is 2.04. The van der Waals surface area contributed by atoms with Crippen molar-refractivity contribution in [3.05, 3.63) is 30.3 Å². The van der Waals surface area contributed by atoms with E-state index in [0.717, 1.165) is 0 Å². The number of para-hydroxylation sites is 1. The molecule has 2 N–H and O–H groups in total. The van der Waals surface area contributed by atoms with E-state index >= 15 is 0 Å². The fourth-order valence-electron chi connectivity index (χ4n) is 0.645. The van der Waals surface area contributed by atoms with Crippen molar-refractivity contribution in [2.75, 3.05) is 12.9 Å². The molecule has 0 amide bonds. The number of carbonyl (C=O) groups is 1. The molecule has 1 aromatic carbocycles. The number of benzene rings is 1. The van der Waals surface area contributed by atoms with Crippen molar-refractivity contribution in [1.29, 1.82) is 0 Å². The van der Waals surface area contributed by atoms with Crippen LogP contribution in [0.4, 0.5) is 5.69 Å². The maximum absolute atomic E-state index is 9.12. The molecule has 72 valence electrons. The van der Waals surface area contributed by atoms with Crippen LogP contribution in [0.5, 0.6) is 0 Å². The minimum atomic E-state index is -1.23. The van der Waals surface area contributed by atoms with Crippen molar-refractivity contribution >= 4 is 23.3 Å². The van der Waals surface area contributed by atoms with E-state index in [1.165, 1.54) is 5.69 Å². The highest BCUT2D eigenvalue weighted by Crippen LogP contribution is 1.94. The van der Waals surface area contributed by atoms with Crippen LogP contribution in [0, 0.1) is 0 Å². The van der Waals surface area contributed by atoms with Crippen molar-refractivity contribution in [3.63, 3.8) is 0 Å². The van der Waals surface area contributed by atoms with E-state index in [-0.39, 0.29) is 0 Å². The number of carboxylic acid groups (broad SMARTS) is 1. The van der Waals surface area contributed by atoms with Gasteiger partial charge >= 0.3 is 0 Å². The zero-order valence-corrected chi connectivity index (χ0v) is 8.12. The molecule has 4 heteroatoms. The van der Waals surface area contributed by atoms with Gasteiger partial charge in [0.15, 0.2) is 0 Å². The van der Waals surface area contributed by atoms with Crippen LogP contribution in [-0.2, 0) is 4.79 Å². The molecular formula is C9H12ClNO2. The number of carboxylic acids is 1. The average Bonchev–Trinajstić information content (AvgIpc) is 2.20. The summed E-state index contributed by atoms with van der Waals surface area (Å²) in [6.45, 7) is 0. The zero-order valence-electron chi connectivity index (χ0n) is 7.37. The number of hydrogen-bond donors (Lipinski definition) is 1. The van der Waals surface area contributed by atoms with Crippen LogP contribution < -0.4 is 10.4 Å². The van der Waals surface area contributed by atoms with Crippen molar-refractivity contribution in [2.45, 2.75) is 0 Å². The van der Waals surface area contributed by atoms with Gasteiger partial charge in [-0.2, -0.15) is 0 Å². The number of rotatable bonds is 2. The zero-order chi connectivity index (χ0) is 10.1. The number of alkyl halides is 1. The first-order valence-corrected chi connectivity index (χ1v) is 4.34. The summed E-state index contributed by atoms with van der Waals surface area (Å²) in [6, 6.07) is 10.3. The van der Waals surface area contributed by atoms with Gasteiger partial charge in [0.1, 0.15) is 5.69 Å². The second-order valence-corrected chi connectivity index (χ2v) is 2.47. The molecule has 0 aromatic heterocycles. The molecule has 0 atom stereocenters. The Kier molecular flexibility index (Phi) is 6.96. The molecule has 0 aliphatic rings. The van der Waals surface area contributed by atoms with E-state index < -0.39 is 11.8 Å². The largest absolute Gasteiger partial charge is 0.549 e. The number of halogens is 1. The van der Waals surface area contributed by atoms with Gasteiger partial charge in [-0.1, -0.05) is 18.2 Å². The van der Waals surface area contributed by atoms with E-state index in [1.807, 2.05) is 25.2 Å². The summed E-state index contributed by atoms with van der Waals surface area (Å²) in [5, 5.41) is 11.2. The third kappa shape index (κ3) is 7.31. The normalized spacial score (nSPS) is 8.46. The lowest BCUT2D eigenvalue weighted by Gasteiger charge is -1.88. The SMILES string of the molecule is C[NH2+]c1ccccc1.O=C([O-])CCl. The lowest BCUT2D eigenvalue weighted by Crippen LogP contribution is -2.72. The molecular weight excluding hydrogens is 190 g/mol. The van der Waals surface area contributed by atoms with E-state index in [1.54, 1.807) is 0 Å². The average molecular weight is 202 g/mol. The molecule has 0 fully saturated rings. The molecule has 13 heavy (non-hydrogen) atoms. The molecule has 0 saturated heterocycles. The predicted molar refractivity (Wildman–Crippen MR) is 49.7 cm³/mol. The van der Waals surface area contributed by atoms with Crippen molar-refractivity contribution < 1.29 is 15.2 Å². The summed E-state index contributed by atoms with van der Waals surface area (Å²) < 4.78 is 0. The second kappa shape index (κ2) is 7.58. The minimum absolute atomic E-state index is 0.417. The highest BCUT2D eigenvalue weighted by Gasteiger charge is 1.83. The molecule has 0 saturated carbocycles. The van der Waals surface area contributed by atoms with Gasteiger partial charge in [0.2, 0.25) is 0 Å². The summed E-state index contributed by atoms with van der Waals surface area (Å²) in [5.74, 6) is -1.65. The van der Waals surface area contributed by atoms with Crippen LogP contribution in [0.15, 0.2) is 30.3 Å². The molecule has 0 heterocycles. The van der Waals surface area contributed by atoms with Gasteiger partial charge in [-0.3, -0.25) is 0 Å². The lowest BCUT2D eigenvalue weighted by atomic mass is 10.3. The van der Waals surface area contributed by atoms with Gasteiger partial charge in [0, 0.05) is 0 Å². The lowest BCUT2D eigenvalue weighted by molar-refractivity contribution is -0.539. The third-order valence-corrected chi connectivity index (χ3v) is 1.46. The van der Waals surface area contributed by atoms with Crippen molar-refractivity contribution in [2.24, 2.45) is 0 Å². The summed E-state index contributed by atoms with van der Waals surface area (Å²) in [4.78, 5) is 9.12. The number of carbonyl (C=O) groups excluding carboxylic acids is 1. The third-order valence-electron chi connectivity index (χ3n) is 1.24. The van der Waals surface area contributed by atoms with Gasteiger partial charge in [-0.15, -0.1) is 11.6 Å². The van der Waals surface area contributed by atoms with E-state index in [4.69, 9.17) is 9.90 Å². The number of hydrogen-bond acceptors (Lipinski definition) is 2. The fraction of sp³-hybridized carbons (Fsp3) is 0.222. The van der Waals surface area contributed by atoms with Gasteiger partial charge < -0.3 is 15.2 Å². The summed E-state index contributed by atoms with van der Waals surface area (Å²) in [6.07, 6.45) is 0. The number of nitrogens with two attached hydrogens (primary N) is 1. The highest BCUT2D eigenvalue weighted by molar-refractivity contribution is 6.25. The first kappa shape index (κ1) is 11.9. The van der Waals surface area contributed by atoms with Gasteiger partial charge in [-0.05, 0) is 12.1 Å². The fourth-order valence-corrected chi connectivity index (χ4v) is 0.645. The van der Waals surface area contributed by atoms with Crippen LogP contribution in [-0.4, -0.2) is 18.9 Å². The molecule has 0 spiro atoms. The van der Waals surface area contributed by atoms with Gasteiger partial charge in [0.05, 0.1) is 18.9 Å². The Balaban J connectivity index is 0.000000252. The quantitative estimate of drug-likeness (QED) is 0.518. The first-order chi connectivity index (χ1) is 6.20. The Morgan fingerprint density at radius 1 is 1.46 bits per heavy atom. The monoisotopic (exact) mass is 201 g/mol. The molecule has 0 aliphatic carbocycles. The van der Waals surface area contributed by atoms with E-state index in [2.05, 4.69) is 29.1 Å². The summed E-state index contributed by atoms with van der Waals surface area (Å²) in [5.41, 5.74) is 1.28. The topological polar surface area (TPSA) is 56.7 Å². The molecule has 1 aromatic rings. The Bertz CT molecular complexity index is 239. The number of quaternary nitrogens is 1. The van der Waals surface area contributed by atoms with Gasteiger partial charge in [-0.25, -0.2) is 0 Å². The van der Waals surface area contributed by atoms with Crippen LogP contribution in [0.2, 0.25) is 0 Å². The highest BCUT2D eigenvalue weighted by atomic mass is 35.5. The van der Waals surface area contributed by atoms with Crippen LogP contribution >= 0.6 is 11.6 Å². The molecule has 1 rings (SSSR count). The van der Waals surface area contributed by atoms with Gasteiger partial charge in [0.25, 0.3) is 0 Å². The van der Waals surface area contributed by atoms with Crippen molar-refractivity contribution in [1.82, 2.24) is 0 Å². The molecule has 0 aliphatic heterocycles. The molecule has 3 nitrogen and oxygen atoms in total. The second-order valence-electron chi connectivity index (χ2n) is 2.20. The van der Waals surface area contributed by atoms with Crippen LogP contribution in [0.25, 0.3) is 0 Å². The molecule has 0 unspecified atom stereocenters. The Labute approximate surface area is 82.3 Å². The smallest absolute Gasteiger partial charge is 0.129 e. The maximum atomic E-state index is 9.12. The Morgan fingerprint density at radius 3 is 2.15 bits per heavy atom. The Morgan fingerprint density at radius 2 is 1.92 bits per heavy atom. The predicted octanol–water partition coefficient (Wildman–Crippen LogP) is -0.514. The summed E-state index contributed by atoms with van der Waals surface area (Å²) >= 11 is 4.67. The molecule has 0 radical (unpaired) electrons. The minimum Gasteiger partial charge on any atom is -0.549 e. The van der Waals surface area contributed by atoms with Crippen LogP contribution in [0.1, 0.15) is 0 Å². The van der Waals surface area contributed by atoms with Crippen LogP contribution in [0.3, 0.4) is 0 Å². The standard InChI is InChI=1S/C7H9N.C2H3ClO2/c1-8-7-5-3-2-4-6-7;3-1-2(4)5/h2-6,8H,1H3;1H2,(H,4,5). The maximum Gasteiger partial charge on any atom is 0.129 e. The Hall–Kier alpha value is -1.06. The van der Waals surface area contributed by atoms with Crippen molar-refractivity contribution in [3.8, 4) is 0 Å². The van der Waals surface area contributed by atoms with E-state index in [9.17, 15) is 0 Å². The van der Waals surface area contributed by atoms with E-state index in [0.29, 0.717) is 0 Å². The molecule has 0 bridgehead atoms.